The highest BCUT2D eigenvalue weighted by Gasteiger charge is 1.84. The molecule has 0 amide bonds. The average molecular weight is 221 g/mol. The third kappa shape index (κ3) is 5.87. The first kappa shape index (κ1) is 11.7. The fraction of sp³-hybridized carbons (Fsp3) is 0.154. The Hall–Kier alpha value is -1.34. The maximum Gasteiger partial charge on any atom is 0.244 e. The number of carbonyl (C=O) groups excluding carboxylic acids is 1. The van der Waals surface area contributed by atoms with E-state index in [0.717, 1.165) is 12.8 Å². The minimum atomic E-state index is -0.415. The van der Waals surface area contributed by atoms with Crippen LogP contribution in [0.2, 0.25) is 0 Å². The van der Waals surface area contributed by atoms with Crippen LogP contribution in [-0.4, -0.2) is 5.24 Å². The van der Waals surface area contributed by atoms with Gasteiger partial charge in [0.25, 0.3) is 0 Å². The molecule has 0 fully saturated rings. The van der Waals surface area contributed by atoms with E-state index in [1.54, 1.807) is 6.08 Å². The maximum absolute atomic E-state index is 10.4. The van der Waals surface area contributed by atoms with Crippen LogP contribution in [-0.2, 0) is 4.79 Å². The van der Waals surface area contributed by atoms with Gasteiger partial charge < -0.3 is 0 Å². The normalized spacial score (nSPS) is 11.3. The van der Waals surface area contributed by atoms with Crippen LogP contribution in [0.1, 0.15) is 18.4 Å². The first-order valence-corrected chi connectivity index (χ1v) is 5.24. The highest BCUT2D eigenvalue weighted by atomic mass is 35.5. The van der Waals surface area contributed by atoms with Crippen molar-refractivity contribution in [1.82, 2.24) is 0 Å². The Kier molecular flexibility index (Phi) is 5.49. The van der Waals surface area contributed by atoms with Crippen LogP contribution in [0.5, 0.6) is 0 Å². The number of rotatable bonds is 5. The second-order valence-corrected chi connectivity index (χ2v) is 3.47. The van der Waals surface area contributed by atoms with Gasteiger partial charge in [0.2, 0.25) is 5.24 Å². The van der Waals surface area contributed by atoms with Crippen LogP contribution < -0.4 is 0 Å². The van der Waals surface area contributed by atoms with Gasteiger partial charge in [-0.2, -0.15) is 0 Å². The molecule has 0 aliphatic carbocycles. The minimum Gasteiger partial charge on any atom is -0.276 e. The molecule has 1 aromatic carbocycles. The van der Waals surface area contributed by atoms with Crippen LogP contribution >= 0.6 is 11.6 Å². The lowest BCUT2D eigenvalue weighted by molar-refractivity contribution is -0.107. The van der Waals surface area contributed by atoms with E-state index in [1.165, 1.54) is 11.6 Å². The van der Waals surface area contributed by atoms with E-state index in [9.17, 15) is 4.79 Å². The number of carbonyl (C=O) groups is 1. The van der Waals surface area contributed by atoms with Crippen LogP contribution in [0.15, 0.2) is 48.6 Å². The quantitative estimate of drug-likeness (QED) is 0.419. The first-order valence-electron chi connectivity index (χ1n) is 4.86. The molecule has 15 heavy (non-hydrogen) atoms. The number of unbranched alkanes of at least 4 members (excludes halogenated alkanes) is 1. The van der Waals surface area contributed by atoms with Crippen molar-refractivity contribution < 1.29 is 4.79 Å². The Balaban J connectivity index is 2.26. The van der Waals surface area contributed by atoms with Crippen LogP contribution in [0.3, 0.4) is 0 Å². The first-order chi connectivity index (χ1) is 7.29. The van der Waals surface area contributed by atoms with Gasteiger partial charge in [0, 0.05) is 0 Å². The summed E-state index contributed by atoms with van der Waals surface area (Å²) in [5, 5.41) is -0.415. The molecular formula is C13H13ClO. The molecule has 0 aromatic heterocycles. The molecule has 0 saturated heterocycles. The summed E-state index contributed by atoms with van der Waals surface area (Å²) < 4.78 is 0. The molecule has 0 spiro atoms. The molecule has 1 aromatic rings. The summed E-state index contributed by atoms with van der Waals surface area (Å²) in [4.78, 5) is 10.4. The zero-order chi connectivity index (χ0) is 10.9. The Labute approximate surface area is 95.1 Å². The predicted octanol–water partition coefficient (Wildman–Crippen LogP) is 3.80. The topological polar surface area (TPSA) is 17.1 Å². The Morgan fingerprint density at radius 2 is 1.80 bits per heavy atom. The summed E-state index contributed by atoms with van der Waals surface area (Å²) in [6.45, 7) is 0. The molecule has 2 heteroatoms. The summed E-state index contributed by atoms with van der Waals surface area (Å²) in [6, 6.07) is 10.1. The van der Waals surface area contributed by atoms with Gasteiger partial charge in [0.1, 0.15) is 0 Å². The number of hydrogen-bond donors (Lipinski definition) is 0. The van der Waals surface area contributed by atoms with Crippen molar-refractivity contribution in [2.75, 3.05) is 0 Å². The SMILES string of the molecule is O=C(Cl)C=CCCC=Cc1ccccc1. The molecule has 0 unspecified atom stereocenters. The van der Waals surface area contributed by atoms with Gasteiger partial charge in [-0.1, -0.05) is 48.6 Å². The molecule has 0 aliphatic heterocycles. The summed E-state index contributed by atoms with van der Waals surface area (Å²) in [5.74, 6) is 0. The van der Waals surface area contributed by atoms with Crippen molar-refractivity contribution >= 4 is 22.9 Å². The van der Waals surface area contributed by atoms with Crippen molar-refractivity contribution in [3.8, 4) is 0 Å². The largest absolute Gasteiger partial charge is 0.276 e. The molecule has 78 valence electrons. The molecule has 0 bridgehead atoms. The lowest BCUT2D eigenvalue weighted by atomic mass is 10.2. The molecule has 0 radical (unpaired) electrons. The van der Waals surface area contributed by atoms with Crippen LogP contribution in [0.4, 0.5) is 0 Å². The van der Waals surface area contributed by atoms with E-state index in [2.05, 4.69) is 24.3 Å². The number of hydrogen-bond acceptors (Lipinski definition) is 1. The van der Waals surface area contributed by atoms with Crippen molar-refractivity contribution in [2.45, 2.75) is 12.8 Å². The lowest BCUT2D eigenvalue weighted by Gasteiger charge is -1.90. The zero-order valence-corrected chi connectivity index (χ0v) is 9.15. The molecule has 0 N–H and O–H groups in total. The van der Waals surface area contributed by atoms with E-state index in [0.29, 0.717) is 0 Å². The van der Waals surface area contributed by atoms with E-state index in [1.807, 2.05) is 18.2 Å². The number of benzene rings is 1. The van der Waals surface area contributed by atoms with E-state index in [4.69, 9.17) is 11.6 Å². The van der Waals surface area contributed by atoms with Gasteiger partial charge in [0.15, 0.2) is 0 Å². The molecule has 0 heterocycles. The molecule has 0 saturated carbocycles. The Bertz CT molecular complexity index is 352. The third-order valence-electron chi connectivity index (χ3n) is 1.86. The van der Waals surface area contributed by atoms with Crippen LogP contribution in [0, 0.1) is 0 Å². The van der Waals surface area contributed by atoms with E-state index >= 15 is 0 Å². The monoisotopic (exact) mass is 220 g/mol. The minimum absolute atomic E-state index is 0.415. The van der Waals surface area contributed by atoms with Gasteiger partial charge >= 0.3 is 0 Å². The number of allylic oxidation sites excluding steroid dienone is 3. The van der Waals surface area contributed by atoms with Crippen molar-refractivity contribution in [3.05, 3.63) is 54.1 Å². The molecule has 0 atom stereocenters. The van der Waals surface area contributed by atoms with Gasteiger partial charge in [-0.05, 0) is 36.1 Å². The van der Waals surface area contributed by atoms with E-state index < -0.39 is 5.24 Å². The molecule has 1 rings (SSSR count). The summed E-state index contributed by atoms with van der Waals surface area (Å²) >= 11 is 5.14. The average Bonchev–Trinajstić information content (AvgIpc) is 2.24. The summed E-state index contributed by atoms with van der Waals surface area (Å²) in [5.41, 5.74) is 1.19. The fourth-order valence-corrected chi connectivity index (χ4v) is 1.24. The summed E-state index contributed by atoms with van der Waals surface area (Å²) in [6.07, 6.45) is 9.06. The Morgan fingerprint density at radius 1 is 1.13 bits per heavy atom. The fourth-order valence-electron chi connectivity index (χ4n) is 1.15. The lowest BCUT2D eigenvalue weighted by Crippen LogP contribution is -1.74. The van der Waals surface area contributed by atoms with Crippen LogP contribution in [0.25, 0.3) is 6.08 Å². The molecular weight excluding hydrogens is 208 g/mol. The smallest absolute Gasteiger partial charge is 0.244 e. The standard InChI is InChI=1S/C13H13ClO/c14-13(15)11-7-2-1-4-8-12-9-5-3-6-10-12/h3-11H,1-2H2. The highest BCUT2D eigenvalue weighted by Crippen LogP contribution is 2.03. The zero-order valence-electron chi connectivity index (χ0n) is 8.40. The van der Waals surface area contributed by atoms with Crippen molar-refractivity contribution in [2.24, 2.45) is 0 Å². The summed E-state index contributed by atoms with van der Waals surface area (Å²) in [7, 11) is 0. The van der Waals surface area contributed by atoms with Crippen molar-refractivity contribution in [1.29, 1.82) is 0 Å². The second kappa shape index (κ2) is 7.02. The van der Waals surface area contributed by atoms with Gasteiger partial charge in [-0.15, -0.1) is 0 Å². The molecule has 1 nitrogen and oxygen atoms in total. The highest BCUT2D eigenvalue weighted by molar-refractivity contribution is 6.66. The van der Waals surface area contributed by atoms with Gasteiger partial charge in [-0.3, -0.25) is 4.79 Å². The predicted molar refractivity (Wildman–Crippen MR) is 64.7 cm³/mol. The Morgan fingerprint density at radius 3 is 2.47 bits per heavy atom. The van der Waals surface area contributed by atoms with Gasteiger partial charge in [0.05, 0.1) is 0 Å². The third-order valence-corrected chi connectivity index (χ3v) is 1.98. The molecule has 0 aliphatic rings. The van der Waals surface area contributed by atoms with E-state index in [-0.39, 0.29) is 0 Å². The number of halogens is 1. The maximum atomic E-state index is 10.4. The van der Waals surface area contributed by atoms with Gasteiger partial charge in [-0.25, -0.2) is 0 Å². The van der Waals surface area contributed by atoms with Crippen molar-refractivity contribution in [3.63, 3.8) is 0 Å². The second-order valence-electron chi connectivity index (χ2n) is 3.10.